The number of halogens is 2. The van der Waals surface area contributed by atoms with Gasteiger partial charge in [0.05, 0.1) is 5.75 Å². The summed E-state index contributed by atoms with van der Waals surface area (Å²) >= 11 is 2.95. The third kappa shape index (κ3) is 4.54. The zero-order valence-electron chi connectivity index (χ0n) is 14.2. The fourth-order valence-corrected chi connectivity index (χ4v) is 4.27. The van der Waals surface area contributed by atoms with Crippen LogP contribution >= 0.6 is 23.1 Å². The first-order valence-corrected chi connectivity index (χ1v) is 10.3. The molecule has 0 aliphatic heterocycles. The molecule has 2 heterocycles. The topological polar surface area (TPSA) is 59.8 Å². The fraction of sp³-hybridized carbons (Fsp3) is 0.278. The number of rotatable bonds is 7. The van der Waals surface area contributed by atoms with Gasteiger partial charge in [0.1, 0.15) is 17.5 Å². The maximum absolute atomic E-state index is 13.2. The van der Waals surface area contributed by atoms with E-state index in [0.29, 0.717) is 11.2 Å². The summed E-state index contributed by atoms with van der Waals surface area (Å²) in [6.45, 7) is 0. The minimum atomic E-state index is -0.732. The van der Waals surface area contributed by atoms with Crippen LogP contribution in [0.4, 0.5) is 14.5 Å². The van der Waals surface area contributed by atoms with Crippen molar-refractivity contribution in [1.29, 1.82) is 0 Å². The molecule has 0 atom stereocenters. The molecular formula is C18H16F2N4OS2. The highest BCUT2D eigenvalue weighted by Crippen LogP contribution is 2.39. The Labute approximate surface area is 162 Å². The van der Waals surface area contributed by atoms with Crippen molar-refractivity contribution in [2.75, 3.05) is 11.1 Å². The Morgan fingerprint density at radius 2 is 2.04 bits per heavy atom. The summed E-state index contributed by atoms with van der Waals surface area (Å²) in [6.07, 6.45) is 2.88. The highest BCUT2D eigenvalue weighted by molar-refractivity contribution is 7.99. The number of nitrogens with one attached hydrogen (secondary N) is 1. The SMILES string of the molecule is O=C(CSc1nnc(Cc2cccs2)n1C1CC1)Nc1cc(F)cc(F)c1. The van der Waals surface area contributed by atoms with Gasteiger partial charge in [-0.2, -0.15) is 0 Å². The number of hydrogen-bond donors (Lipinski definition) is 1. The van der Waals surface area contributed by atoms with E-state index in [2.05, 4.69) is 26.1 Å². The van der Waals surface area contributed by atoms with Gasteiger partial charge >= 0.3 is 0 Å². The molecule has 0 spiro atoms. The van der Waals surface area contributed by atoms with Crippen LogP contribution in [0.2, 0.25) is 0 Å². The van der Waals surface area contributed by atoms with Gasteiger partial charge in [-0.1, -0.05) is 17.8 Å². The van der Waals surface area contributed by atoms with Crippen LogP contribution in [0.3, 0.4) is 0 Å². The molecule has 140 valence electrons. The van der Waals surface area contributed by atoms with Gasteiger partial charge in [0.15, 0.2) is 5.16 Å². The first-order chi connectivity index (χ1) is 13.1. The van der Waals surface area contributed by atoms with E-state index < -0.39 is 11.6 Å². The molecule has 4 rings (SSSR count). The molecule has 0 saturated heterocycles. The molecule has 1 aliphatic carbocycles. The van der Waals surface area contributed by atoms with Crippen molar-refractivity contribution in [2.45, 2.75) is 30.5 Å². The summed E-state index contributed by atoms with van der Waals surface area (Å²) in [5, 5.41) is 13.8. The van der Waals surface area contributed by atoms with Crippen LogP contribution in [0.15, 0.2) is 40.9 Å². The van der Waals surface area contributed by atoms with E-state index in [4.69, 9.17) is 0 Å². The average Bonchev–Trinajstić information content (AvgIpc) is 3.16. The molecule has 9 heteroatoms. The lowest BCUT2D eigenvalue weighted by Gasteiger charge is -2.09. The number of thioether (sulfide) groups is 1. The number of thiophene rings is 1. The molecule has 3 aromatic rings. The number of hydrogen-bond acceptors (Lipinski definition) is 5. The van der Waals surface area contributed by atoms with Crippen molar-refractivity contribution in [3.05, 3.63) is 58.0 Å². The molecule has 1 amide bonds. The van der Waals surface area contributed by atoms with E-state index in [1.165, 1.54) is 16.6 Å². The lowest BCUT2D eigenvalue weighted by molar-refractivity contribution is -0.113. The predicted molar refractivity (Wildman–Crippen MR) is 101 cm³/mol. The zero-order valence-corrected chi connectivity index (χ0v) is 15.8. The summed E-state index contributed by atoms with van der Waals surface area (Å²) in [5.74, 6) is -0.832. The number of nitrogens with zero attached hydrogens (tertiary/aromatic N) is 3. The molecule has 0 unspecified atom stereocenters. The molecule has 1 N–H and O–H groups in total. The van der Waals surface area contributed by atoms with Crippen LogP contribution in [-0.4, -0.2) is 26.4 Å². The molecule has 1 aromatic carbocycles. The van der Waals surface area contributed by atoms with E-state index in [0.717, 1.165) is 43.3 Å². The minimum absolute atomic E-state index is 0.0853. The van der Waals surface area contributed by atoms with E-state index >= 15 is 0 Å². The van der Waals surface area contributed by atoms with Crippen molar-refractivity contribution in [2.24, 2.45) is 0 Å². The van der Waals surface area contributed by atoms with Gasteiger partial charge in [-0.05, 0) is 36.4 Å². The molecule has 2 aromatic heterocycles. The highest BCUT2D eigenvalue weighted by atomic mass is 32.2. The second-order valence-corrected chi connectivity index (χ2v) is 8.23. The van der Waals surface area contributed by atoms with Crippen molar-refractivity contribution in [1.82, 2.24) is 14.8 Å². The lowest BCUT2D eigenvalue weighted by Crippen LogP contribution is -2.15. The third-order valence-corrected chi connectivity index (χ3v) is 5.86. The molecule has 1 saturated carbocycles. The molecule has 1 fully saturated rings. The molecule has 0 radical (unpaired) electrons. The van der Waals surface area contributed by atoms with Crippen molar-refractivity contribution in [3.8, 4) is 0 Å². The number of amides is 1. The Kier molecular flexibility index (Phi) is 5.22. The quantitative estimate of drug-likeness (QED) is 0.595. The van der Waals surface area contributed by atoms with Crippen molar-refractivity contribution < 1.29 is 13.6 Å². The Morgan fingerprint density at radius 3 is 2.70 bits per heavy atom. The number of carbonyl (C=O) groups excluding carboxylic acids is 1. The summed E-state index contributed by atoms with van der Waals surface area (Å²) in [5.41, 5.74) is 0.0974. The number of carbonyl (C=O) groups is 1. The van der Waals surface area contributed by atoms with Crippen molar-refractivity contribution in [3.63, 3.8) is 0 Å². The van der Waals surface area contributed by atoms with Gasteiger partial charge in [0, 0.05) is 29.1 Å². The van der Waals surface area contributed by atoms with Gasteiger partial charge in [-0.15, -0.1) is 21.5 Å². The molecule has 5 nitrogen and oxygen atoms in total. The summed E-state index contributed by atoms with van der Waals surface area (Å²) in [6, 6.07) is 7.38. The van der Waals surface area contributed by atoms with E-state index in [1.807, 2.05) is 11.4 Å². The van der Waals surface area contributed by atoms with Crippen molar-refractivity contribution >= 4 is 34.7 Å². The normalized spacial score (nSPS) is 13.7. The van der Waals surface area contributed by atoms with Gasteiger partial charge < -0.3 is 9.88 Å². The van der Waals surface area contributed by atoms with Crippen LogP contribution in [0.5, 0.6) is 0 Å². The Balaban J connectivity index is 1.42. The second-order valence-electron chi connectivity index (χ2n) is 6.25. The summed E-state index contributed by atoms with van der Waals surface area (Å²) < 4.78 is 28.5. The fourth-order valence-electron chi connectivity index (χ4n) is 2.75. The maximum Gasteiger partial charge on any atom is 0.234 e. The molecular weight excluding hydrogens is 390 g/mol. The molecule has 1 aliphatic rings. The van der Waals surface area contributed by atoms with E-state index in [9.17, 15) is 13.6 Å². The van der Waals surface area contributed by atoms with Gasteiger partial charge in [0.2, 0.25) is 5.91 Å². The number of aromatic nitrogens is 3. The second kappa shape index (κ2) is 7.77. The van der Waals surface area contributed by atoms with Crippen LogP contribution in [-0.2, 0) is 11.2 Å². The minimum Gasteiger partial charge on any atom is -0.325 e. The average molecular weight is 406 g/mol. The summed E-state index contributed by atoms with van der Waals surface area (Å²) in [4.78, 5) is 13.4. The third-order valence-electron chi connectivity index (χ3n) is 4.04. The Bertz CT molecular complexity index is 934. The first-order valence-electron chi connectivity index (χ1n) is 8.43. The standard InChI is InChI=1S/C18H16F2N4OS2/c19-11-6-12(20)8-13(7-11)21-17(25)10-27-18-23-22-16(24(18)14-3-4-14)9-15-2-1-5-26-15/h1-2,5-8,14H,3-4,9-10H2,(H,21,25). The Hall–Kier alpha value is -2.26. The maximum atomic E-state index is 13.2. The van der Waals surface area contributed by atoms with E-state index in [1.54, 1.807) is 11.3 Å². The van der Waals surface area contributed by atoms with Crippen LogP contribution in [0.1, 0.15) is 29.6 Å². The first kappa shape index (κ1) is 18.1. The largest absolute Gasteiger partial charge is 0.325 e. The Morgan fingerprint density at radius 1 is 1.26 bits per heavy atom. The van der Waals surface area contributed by atoms with Gasteiger partial charge in [-0.3, -0.25) is 4.79 Å². The van der Waals surface area contributed by atoms with Crippen LogP contribution in [0.25, 0.3) is 0 Å². The molecule has 27 heavy (non-hydrogen) atoms. The molecule has 0 bridgehead atoms. The van der Waals surface area contributed by atoms with Crippen LogP contribution < -0.4 is 5.32 Å². The number of anilines is 1. The smallest absolute Gasteiger partial charge is 0.234 e. The van der Waals surface area contributed by atoms with Gasteiger partial charge in [0.25, 0.3) is 0 Å². The van der Waals surface area contributed by atoms with E-state index in [-0.39, 0.29) is 17.3 Å². The zero-order chi connectivity index (χ0) is 18.8. The highest BCUT2D eigenvalue weighted by Gasteiger charge is 2.30. The monoisotopic (exact) mass is 406 g/mol. The number of benzene rings is 1. The lowest BCUT2D eigenvalue weighted by atomic mass is 10.3. The summed E-state index contributed by atoms with van der Waals surface area (Å²) in [7, 11) is 0. The predicted octanol–water partition coefficient (Wildman–Crippen LogP) is 4.27. The van der Waals surface area contributed by atoms with Gasteiger partial charge in [-0.25, -0.2) is 8.78 Å². The van der Waals surface area contributed by atoms with Crippen LogP contribution in [0, 0.1) is 11.6 Å².